The smallest absolute Gasteiger partial charge is 0.234 e. The Kier molecular flexibility index (Phi) is 7.50. The number of hydrogen-bond acceptors (Lipinski definition) is 4. The van der Waals surface area contributed by atoms with E-state index in [9.17, 15) is 9.18 Å². The van der Waals surface area contributed by atoms with E-state index < -0.39 is 0 Å². The van der Waals surface area contributed by atoms with E-state index in [1.54, 1.807) is 19.2 Å². The number of carbonyl (C=O) groups excluding carboxylic acids is 1. The molecule has 2 heterocycles. The number of piperazine rings is 1. The Morgan fingerprint density at radius 3 is 3.00 bits per heavy atom. The van der Waals surface area contributed by atoms with E-state index in [0.717, 1.165) is 30.8 Å². The predicted molar refractivity (Wildman–Crippen MR) is 102 cm³/mol. The van der Waals surface area contributed by atoms with Crippen LogP contribution in [-0.2, 0) is 11.3 Å². The van der Waals surface area contributed by atoms with Crippen molar-refractivity contribution in [3.8, 4) is 0 Å². The number of pyridine rings is 1. The number of benzene rings is 1. The van der Waals surface area contributed by atoms with Crippen LogP contribution in [0.1, 0.15) is 22.7 Å². The molecule has 1 aliphatic rings. The van der Waals surface area contributed by atoms with E-state index in [2.05, 4.69) is 20.5 Å². The summed E-state index contributed by atoms with van der Waals surface area (Å²) in [4.78, 5) is 18.7. The molecule has 1 saturated heterocycles. The van der Waals surface area contributed by atoms with Gasteiger partial charge in [0.2, 0.25) is 5.91 Å². The maximum absolute atomic E-state index is 13.6. The Morgan fingerprint density at radius 2 is 2.27 bits per heavy atom. The van der Waals surface area contributed by atoms with Crippen molar-refractivity contribution in [2.24, 2.45) is 0 Å². The van der Waals surface area contributed by atoms with Crippen molar-refractivity contribution in [2.45, 2.75) is 19.5 Å². The summed E-state index contributed by atoms with van der Waals surface area (Å²) in [6.07, 6.45) is 3.59. The molecule has 1 aromatic carbocycles. The van der Waals surface area contributed by atoms with Crippen LogP contribution in [0.2, 0.25) is 0 Å². The summed E-state index contributed by atoms with van der Waals surface area (Å²) in [5, 5.41) is 6.24. The lowest BCUT2D eigenvalue weighted by molar-refractivity contribution is -0.123. The van der Waals surface area contributed by atoms with Crippen LogP contribution in [0.25, 0.3) is 0 Å². The van der Waals surface area contributed by atoms with Crippen molar-refractivity contribution in [1.82, 2.24) is 20.5 Å². The normalized spacial score (nSPS) is 17.4. The number of amides is 1. The van der Waals surface area contributed by atoms with E-state index in [4.69, 9.17) is 0 Å². The molecule has 1 atom stereocenters. The van der Waals surface area contributed by atoms with E-state index in [0.29, 0.717) is 18.7 Å². The number of carbonyl (C=O) groups is 1. The van der Waals surface area contributed by atoms with E-state index in [1.165, 1.54) is 6.07 Å². The average Bonchev–Trinajstić information content (AvgIpc) is 2.64. The summed E-state index contributed by atoms with van der Waals surface area (Å²) in [7, 11) is 0. The van der Waals surface area contributed by atoms with Gasteiger partial charge in [0, 0.05) is 44.6 Å². The van der Waals surface area contributed by atoms with Crippen LogP contribution in [0.15, 0.2) is 42.7 Å². The highest BCUT2D eigenvalue weighted by molar-refractivity contribution is 5.85. The van der Waals surface area contributed by atoms with Crippen molar-refractivity contribution < 1.29 is 9.18 Å². The molecule has 0 bridgehead atoms. The minimum Gasteiger partial charge on any atom is -0.351 e. The molecule has 2 N–H and O–H groups in total. The molecule has 140 valence electrons. The van der Waals surface area contributed by atoms with Crippen molar-refractivity contribution in [1.29, 1.82) is 0 Å². The van der Waals surface area contributed by atoms with Gasteiger partial charge < -0.3 is 10.6 Å². The highest BCUT2D eigenvalue weighted by Gasteiger charge is 2.25. The van der Waals surface area contributed by atoms with Crippen LogP contribution < -0.4 is 10.6 Å². The third kappa shape index (κ3) is 5.24. The Bertz CT molecular complexity index is 729. The summed E-state index contributed by atoms with van der Waals surface area (Å²) < 4.78 is 13.6. The largest absolute Gasteiger partial charge is 0.351 e. The molecular weight excluding hydrogens is 355 g/mol. The molecule has 7 heteroatoms. The first kappa shape index (κ1) is 20.3. The van der Waals surface area contributed by atoms with Gasteiger partial charge >= 0.3 is 0 Å². The summed E-state index contributed by atoms with van der Waals surface area (Å²) in [6.45, 7) is 4.82. The molecule has 5 nitrogen and oxygen atoms in total. The SMILES string of the molecule is Cc1ccc(CNC(=O)CN2CCNCC2c2cccnc2)cc1F.Cl. The molecule has 1 amide bonds. The molecule has 1 unspecified atom stereocenters. The standard InChI is InChI=1S/C19H23FN4O.ClH/c1-14-4-5-15(9-17(14)20)10-23-19(25)13-24-8-7-22-12-18(24)16-3-2-6-21-11-16;/h2-6,9,11,18,22H,7-8,10,12-13H2,1H3,(H,23,25);1H. The number of nitrogens with one attached hydrogen (secondary N) is 2. The van der Waals surface area contributed by atoms with Crippen LogP contribution in [0.5, 0.6) is 0 Å². The summed E-state index contributed by atoms with van der Waals surface area (Å²) in [5.41, 5.74) is 2.47. The highest BCUT2D eigenvalue weighted by atomic mass is 35.5. The molecule has 0 radical (unpaired) electrons. The zero-order chi connectivity index (χ0) is 17.6. The zero-order valence-electron chi connectivity index (χ0n) is 14.7. The molecule has 0 spiro atoms. The highest BCUT2D eigenvalue weighted by Crippen LogP contribution is 2.20. The molecular formula is C19H24ClFN4O. The first-order valence-corrected chi connectivity index (χ1v) is 8.50. The lowest BCUT2D eigenvalue weighted by Crippen LogP contribution is -2.49. The number of nitrogens with zero attached hydrogens (tertiary/aromatic N) is 2. The third-order valence-corrected chi connectivity index (χ3v) is 4.50. The topological polar surface area (TPSA) is 57.3 Å². The first-order valence-electron chi connectivity index (χ1n) is 8.50. The van der Waals surface area contributed by atoms with Gasteiger partial charge in [-0.3, -0.25) is 14.7 Å². The van der Waals surface area contributed by atoms with Crippen molar-refractivity contribution in [3.63, 3.8) is 0 Å². The molecule has 26 heavy (non-hydrogen) atoms. The lowest BCUT2D eigenvalue weighted by atomic mass is 10.1. The van der Waals surface area contributed by atoms with Crippen LogP contribution in [0, 0.1) is 12.7 Å². The van der Waals surface area contributed by atoms with Gasteiger partial charge in [0.15, 0.2) is 0 Å². The fraction of sp³-hybridized carbons (Fsp3) is 0.368. The Balaban J connectivity index is 0.00000243. The van der Waals surface area contributed by atoms with Crippen molar-refractivity contribution in [3.05, 3.63) is 65.2 Å². The Hall–Kier alpha value is -2.02. The molecule has 1 fully saturated rings. The molecule has 3 rings (SSSR count). The fourth-order valence-electron chi connectivity index (χ4n) is 3.02. The zero-order valence-corrected chi connectivity index (χ0v) is 15.6. The first-order chi connectivity index (χ1) is 12.1. The number of aromatic nitrogens is 1. The lowest BCUT2D eigenvalue weighted by Gasteiger charge is -2.35. The Morgan fingerprint density at radius 1 is 1.42 bits per heavy atom. The number of aryl methyl sites for hydroxylation is 1. The van der Waals surface area contributed by atoms with Gasteiger partial charge in [-0.1, -0.05) is 18.2 Å². The minimum atomic E-state index is -0.245. The molecule has 2 aromatic rings. The maximum Gasteiger partial charge on any atom is 0.234 e. The second-order valence-electron chi connectivity index (χ2n) is 6.34. The minimum absolute atomic E-state index is 0. The fourth-order valence-corrected chi connectivity index (χ4v) is 3.02. The number of hydrogen-bond donors (Lipinski definition) is 2. The van der Waals surface area contributed by atoms with Gasteiger partial charge in [0.25, 0.3) is 0 Å². The van der Waals surface area contributed by atoms with Crippen LogP contribution in [0.4, 0.5) is 4.39 Å². The van der Waals surface area contributed by atoms with E-state index in [-0.39, 0.29) is 30.2 Å². The van der Waals surface area contributed by atoms with Gasteiger partial charge in [0.05, 0.1) is 6.54 Å². The molecule has 0 aliphatic carbocycles. The van der Waals surface area contributed by atoms with Crippen LogP contribution in [0.3, 0.4) is 0 Å². The number of halogens is 2. The van der Waals surface area contributed by atoms with Gasteiger partial charge in [-0.05, 0) is 35.7 Å². The molecule has 0 saturated carbocycles. The average molecular weight is 379 g/mol. The maximum atomic E-state index is 13.6. The molecule has 1 aromatic heterocycles. The monoisotopic (exact) mass is 378 g/mol. The van der Waals surface area contributed by atoms with Crippen LogP contribution in [-0.4, -0.2) is 42.0 Å². The summed E-state index contributed by atoms with van der Waals surface area (Å²) >= 11 is 0. The quantitative estimate of drug-likeness (QED) is 0.837. The number of rotatable bonds is 5. The van der Waals surface area contributed by atoms with Crippen molar-refractivity contribution >= 4 is 18.3 Å². The second kappa shape index (κ2) is 9.62. The van der Waals surface area contributed by atoms with E-state index in [1.807, 2.05) is 24.4 Å². The van der Waals surface area contributed by atoms with Gasteiger partial charge in [0.1, 0.15) is 5.82 Å². The molecule has 1 aliphatic heterocycles. The predicted octanol–water partition coefficient (Wildman–Crippen LogP) is 2.21. The van der Waals surface area contributed by atoms with Gasteiger partial charge in [-0.15, -0.1) is 12.4 Å². The summed E-state index contributed by atoms with van der Waals surface area (Å²) in [5.74, 6) is -0.303. The van der Waals surface area contributed by atoms with Gasteiger partial charge in [-0.25, -0.2) is 4.39 Å². The summed E-state index contributed by atoms with van der Waals surface area (Å²) in [6, 6.07) is 9.11. The van der Waals surface area contributed by atoms with Crippen molar-refractivity contribution in [2.75, 3.05) is 26.2 Å². The Labute approximate surface area is 159 Å². The van der Waals surface area contributed by atoms with Gasteiger partial charge in [-0.2, -0.15) is 0 Å². The van der Waals surface area contributed by atoms with Crippen LogP contribution >= 0.6 is 12.4 Å². The second-order valence-corrected chi connectivity index (χ2v) is 6.34. The van der Waals surface area contributed by atoms with E-state index >= 15 is 0 Å². The third-order valence-electron chi connectivity index (χ3n) is 4.50.